The summed E-state index contributed by atoms with van der Waals surface area (Å²) in [6.07, 6.45) is 4.09. The number of nitrogens with one attached hydrogen (secondary N) is 2. The average Bonchev–Trinajstić information content (AvgIpc) is 3.17. The SMILES string of the molecule is CCNC(=NCc1c(CC)noc1CC)NCC(C(CC)CC)N1CCOCC1.I. The minimum absolute atomic E-state index is 0. The van der Waals surface area contributed by atoms with E-state index in [9.17, 15) is 0 Å². The van der Waals surface area contributed by atoms with Crippen molar-refractivity contribution in [2.75, 3.05) is 39.4 Å². The van der Waals surface area contributed by atoms with Crippen molar-refractivity contribution in [2.24, 2.45) is 10.9 Å². The molecule has 7 nitrogen and oxygen atoms in total. The molecule has 8 heteroatoms. The second kappa shape index (κ2) is 15.0. The molecule has 0 amide bonds. The number of nitrogens with zero attached hydrogens (tertiary/aromatic N) is 3. The number of morpholine rings is 1. The number of aliphatic imine (C=N–C) groups is 1. The first-order valence-electron chi connectivity index (χ1n) is 11.5. The Kier molecular flexibility index (Phi) is 13.6. The summed E-state index contributed by atoms with van der Waals surface area (Å²) in [6, 6.07) is 0.491. The molecule has 0 aromatic carbocycles. The molecule has 1 aliphatic heterocycles. The van der Waals surface area contributed by atoms with Crippen LogP contribution in [0.25, 0.3) is 0 Å². The molecule has 30 heavy (non-hydrogen) atoms. The first-order valence-corrected chi connectivity index (χ1v) is 11.5. The first-order chi connectivity index (χ1) is 14.2. The van der Waals surface area contributed by atoms with Gasteiger partial charge in [-0.15, -0.1) is 24.0 Å². The highest BCUT2D eigenvalue weighted by atomic mass is 127. The van der Waals surface area contributed by atoms with Gasteiger partial charge in [0.15, 0.2) is 5.96 Å². The lowest BCUT2D eigenvalue weighted by atomic mass is 9.92. The fourth-order valence-electron chi connectivity index (χ4n) is 4.15. The van der Waals surface area contributed by atoms with E-state index in [4.69, 9.17) is 14.3 Å². The van der Waals surface area contributed by atoms with Gasteiger partial charge in [-0.05, 0) is 19.3 Å². The van der Waals surface area contributed by atoms with E-state index in [0.717, 1.165) is 75.2 Å². The molecule has 1 fully saturated rings. The fraction of sp³-hybridized carbons (Fsp3) is 0.818. The van der Waals surface area contributed by atoms with E-state index in [1.807, 2.05) is 0 Å². The van der Waals surface area contributed by atoms with Gasteiger partial charge < -0.3 is 19.9 Å². The molecule has 0 saturated carbocycles. The second-order valence-corrected chi connectivity index (χ2v) is 7.61. The molecule has 0 radical (unpaired) electrons. The number of guanidine groups is 1. The summed E-state index contributed by atoms with van der Waals surface area (Å²) in [7, 11) is 0. The molecule has 2 rings (SSSR count). The van der Waals surface area contributed by atoms with E-state index >= 15 is 0 Å². The molecule has 1 saturated heterocycles. The van der Waals surface area contributed by atoms with Crippen molar-refractivity contribution in [3.05, 3.63) is 17.0 Å². The quantitative estimate of drug-likeness (QED) is 0.256. The Morgan fingerprint density at radius 3 is 2.33 bits per heavy atom. The third kappa shape index (κ3) is 7.67. The highest BCUT2D eigenvalue weighted by Gasteiger charge is 2.27. The van der Waals surface area contributed by atoms with Crippen LogP contribution in [0.1, 0.15) is 64.5 Å². The number of aryl methyl sites for hydroxylation is 2. The third-order valence-corrected chi connectivity index (χ3v) is 5.93. The molecule has 1 atom stereocenters. The van der Waals surface area contributed by atoms with Crippen molar-refractivity contribution in [2.45, 2.75) is 72.9 Å². The van der Waals surface area contributed by atoms with E-state index in [2.05, 4.69) is 55.3 Å². The highest BCUT2D eigenvalue weighted by Crippen LogP contribution is 2.20. The molecular formula is C22H42IN5O2. The van der Waals surface area contributed by atoms with Gasteiger partial charge in [0.05, 0.1) is 25.5 Å². The lowest BCUT2D eigenvalue weighted by molar-refractivity contribution is 0.00272. The predicted octanol–water partition coefficient (Wildman–Crippen LogP) is 3.61. The van der Waals surface area contributed by atoms with Gasteiger partial charge in [0.25, 0.3) is 0 Å². The van der Waals surface area contributed by atoms with Crippen molar-refractivity contribution in [3.8, 4) is 0 Å². The van der Waals surface area contributed by atoms with Gasteiger partial charge in [0.1, 0.15) is 5.76 Å². The summed E-state index contributed by atoms with van der Waals surface area (Å²) in [5, 5.41) is 11.2. The highest BCUT2D eigenvalue weighted by molar-refractivity contribution is 14.0. The number of hydrogen-bond donors (Lipinski definition) is 2. The van der Waals surface area contributed by atoms with Crippen molar-refractivity contribution in [1.82, 2.24) is 20.7 Å². The minimum atomic E-state index is 0. The van der Waals surface area contributed by atoms with E-state index in [-0.39, 0.29) is 24.0 Å². The Hall–Kier alpha value is -0.870. The number of rotatable bonds is 11. The van der Waals surface area contributed by atoms with Crippen LogP contribution in [0.3, 0.4) is 0 Å². The fourth-order valence-corrected chi connectivity index (χ4v) is 4.15. The maximum Gasteiger partial charge on any atom is 0.191 e. The topological polar surface area (TPSA) is 74.9 Å². The average molecular weight is 536 g/mol. The molecule has 1 unspecified atom stereocenters. The molecule has 0 spiro atoms. The second-order valence-electron chi connectivity index (χ2n) is 7.61. The van der Waals surface area contributed by atoms with Gasteiger partial charge in [-0.2, -0.15) is 0 Å². The van der Waals surface area contributed by atoms with E-state index in [1.54, 1.807) is 0 Å². The summed E-state index contributed by atoms with van der Waals surface area (Å²) in [6.45, 7) is 16.9. The lowest BCUT2D eigenvalue weighted by Crippen LogP contribution is -2.53. The van der Waals surface area contributed by atoms with E-state index < -0.39 is 0 Å². The third-order valence-electron chi connectivity index (χ3n) is 5.93. The number of ether oxygens (including phenoxy) is 1. The van der Waals surface area contributed by atoms with E-state index in [1.165, 1.54) is 12.8 Å². The Morgan fingerprint density at radius 1 is 1.07 bits per heavy atom. The van der Waals surface area contributed by atoms with Gasteiger partial charge in [0.2, 0.25) is 0 Å². The van der Waals surface area contributed by atoms with Crippen LogP contribution in [-0.4, -0.2) is 61.5 Å². The molecular weight excluding hydrogens is 493 g/mol. The zero-order chi connectivity index (χ0) is 21.1. The van der Waals surface area contributed by atoms with E-state index in [0.29, 0.717) is 18.5 Å². The van der Waals surface area contributed by atoms with Crippen LogP contribution in [0.2, 0.25) is 0 Å². The van der Waals surface area contributed by atoms with Crippen LogP contribution in [0.5, 0.6) is 0 Å². The molecule has 0 aliphatic carbocycles. The standard InChI is InChI=1S/C22H41N5O2.HI/c1-6-17(7-2)20(27-11-13-28-14-12-27)16-25-22(23-10-5)24-15-18-19(8-3)26-29-21(18)9-4;/h17,20H,6-16H2,1-5H3,(H2,23,24,25);1H. The maximum absolute atomic E-state index is 5.57. The Labute approximate surface area is 199 Å². The van der Waals surface area contributed by atoms with Crippen molar-refractivity contribution >= 4 is 29.9 Å². The normalized spacial score (nSPS) is 16.4. The summed E-state index contributed by atoms with van der Waals surface area (Å²) in [4.78, 5) is 7.44. The van der Waals surface area contributed by atoms with Crippen molar-refractivity contribution in [1.29, 1.82) is 0 Å². The van der Waals surface area contributed by atoms with Gasteiger partial charge in [-0.3, -0.25) is 4.90 Å². The number of halogens is 1. The number of hydrogen-bond acceptors (Lipinski definition) is 5. The molecule has 2 heterocycles. The smallest absolute Gasteiger partial charge is 0.191 e. The van der Waals surface area contributed by atoms with Crippen LogP contribution >= 0.6 is 24.0 Å². The van der Waals surface area contributed by atoms with Gasteiger partial charge in [-0.25, -0.2) is 4.99 Å². The Balaban J connectivity index is 0.00000450. The van der Waals surface area contributed by atoms with Crippen LogP contribution in [0, 0.1) is 5.92 Å². The first kappa shape index (κ1) is 27.2. The summed E-state index contributed by atoms with van der Waals surface area (Å²) in [5.74, 6) is 2.48. The van der Waals surface area contributed by atoms with Crippen molar-refractivity contribution in [3.63, 3.8) is 0 Å². The molecule has 2 N–H and O–H groups in total. The molecule has 1 aromatic rings. The van der Waals surface area contributed by atoms with Gasteiger partial charge in [-0.1, -0.05) is 45.7 Å². The molecule has 174 valence electrons. The predicted molar refractivity (Wildman–Crippen MR) is 134 cm³/mol. The van der Waals surface area contributed by atoms with Crippen LogP contribution < -0.4 is 10.6 Å². The van der Waals surface area contributed by atoms with Crippen LogP contribution in [0.4, 0.5) is 0 Å². The monoisotopic (exact) mass is 535 g/mol. The van der Waals surface area contributed by atoms with Gasteiger partial charge >= 0.3 is 0 Å². The Bertz CT molecular complexity index is 591. The molecule has 0 bridgehead atoms. The minimum Gasteiger partial charge on any atom is -0.379 e. The van der Waals surface area contributed by atoms with Crippen LogP contribution in [-0.2, 0) is 24.1 Å². The van der Waals surface area contributed by atoms with Crippen LogP contribution in [0.15, 0.2) is 9.52 Å². The summed E-state index contributed by atoms with van der Waals surface area (Å²) >= 11 is 0. The zero-order valence-electron chi connectivity index (χ0n) is 19.5. The maximum atomic E-state index is 5.57. The lowest BCUT2D eigenvalue weighted by Gasteiger charge is -2.39. The van der Waals surface area contributed by atoms with Crippen molar-refractivity contribution < 1.29 is 9.26 Å². The summed E-state index contributed by atoms with van der Waals surface area (Å²) in [5.41, 5.74) is 2.15. The molecule has 1 aliphatic rings. The molecule has 1 aromatic heterocycles. The summed E-state index contributed by atoms with van der Waals surface area (Å²) < 4.78 is 11.1. The largest absolute Gasteiger partial charge is 0.379 e. The zero-order valence-corrected chi connectivity index (χ0v) is 21.8. The number of aromatic nitrogens is 1. The Morgan fingerprint density at radius 2 is 1.77 bits per heavy atom. The van der Waals surface area contributed by atoms with Gasteiger partial charge in [0, 0.05) is 44.2 Å².